The molecule has 0 bridgehead atoms. The van der Waals surface area contributed by atoms with Gasteiger partial charge in [0.05, 0.1) is 0 Å². The van der Waals surface area contributed by atoms with Crippen LogP contribution in [0, 0.1) is 17.3 Å². The van der Waals surface area contributed by atoms with Gasteiger partial charge in [-0.1, -0.05) is 13.8 Å². The van der Waals surface area contributed by atoms with Crippen molar-refractivity contribution in [3.63, 3.8) is 0 Å². The Morgan fingerprint density at radius 3 is 2.80 bits per heavy atom. The molecule has 0 aliphatic heterocycles. The first-order valence-electron chi connectivity index (χ1n) is 4.19. The first-order chi connectivity index (χ1) is 4.64. The van der Waals surface area contributed by atoms with E-state index in [1.165, 1.54) is 12.8 Å². The molecular weight excluding hydrogens is 124 g/mol. The van der Waals surface area contributed by atoms with E-state index in [1.807, 2.05) is 0 Å². The van der Waals surface area contributed by atoms with Crippen molar-refractivity contribution in [2.45, 2.75) is 33.1 Å². The fourth-order valence-corrected chi connectivity index (χ4v) is 2.32. The Morgan fingerprint density at radius 2 is 2.20 bits per heavy atom. The third-order valence-electron chi connectivity index (χ3n) is 3.37. The molecule has 0 amide bonds. The number of carbonyl (C=O) groups is 1. The molecule has 10 heavy (non-hydrogen) atoms. The van der Waals surface area contributed by atoms with Crippen LogP contribution in [0.4, 0.5) is 0 Å². The Morgan fingerprint density at radius 1 is 1.50 bits per heavy atom. The van der Waals surface area contributed by atoms with Crippen LogP contribution in [-0.2, 0) is 4.79 Å². The smallest absolute Gasteiger partial charge is 0.141 e. The van der Waals surface area contributed by atoms with Gasteiger partial charge in [-0.05, 0) is 25.2 Å². The largest absolute Gasteiger partial charge is 0.299 e. The highest BCUT2D eigenvalue weighted by Gasteiger charge is 2.58. The molecule has 1 nitrogen and oxygen atoms in total. The molecule has 2 aliphatic carbocycles. The Bertz CT molecular complexity index is 185. The van der Waals surface area contributed by atoms with Crippen LogP contribution < -0.4 is 0 Å². The first-order valence-corrected chi connectivity index (χ1v) is 4.19. The molecule has 1 heteroatoms. The van der Waals surface area contributed by atoms with Crippen molar-refractivity contribution in [1.29, 1.82) is 0 Å². The van der Waals surface area contributed by atoms with Gasteiger partial charge in [0.25, 0.3) is 0 Å². The Kier molecular flexibility index (Phi) is 1.04. The zero-order valence-electron chi connectivity index (χ0n) is 6.68. The van der Waals surface area contributed by atoms with E-state index in [0.29, 0.717) is 11.7 Å². The molecule has 2 saturated carbocycles. The van der Waals surface area contributed by atoms with Gasteiger partial charge in [-0.3, -0.25) is 4.79 Å². The topological polar surface area (TPSA) is 17.1 Å². The van der Waals surface area contributed by atoms with E-state index in [2.05, 4.69) is 13.8 Å². The molecule has 0 radical (unpaired) electrons. The summed E-state index contributed by atoms with van der Waals surface area (Å²) in [6.07, 6.45) is 3.61. The number of rotatable bonds is 0. The third kappa shape index (κ3) is 0.609. The predicted molar refractivity (Wildman–Crippen MR) is 39.6 cm³/mol. The first kappa shape index (κ1) is 6.38. The maximum atomic E-state index is 11.5. The van der Waals surface area contributed by atoms with E-state index in [4.69, 9.17) is 0 Å². The molecule has 0 aromatic rings. The lowest BCUT2D eigenvalue weighted by Crippen LogP contribution is -2.26. The summed E-state index contributed by atoms with van der Waals surface area (Å²) in [5.41, 5.74) is 0.137. The average molecular weight is 138 g/mol. The average Bonchev–Trinajstić information content (AvgIpc) is 2.55. The molecule has 0 spiro atoms. The Hall–Kier alpha value is -0.330. The van der Waals surface area contributed by atoms with Gasteiger partial charge < -0.3 is 0 Å². The maximum absolute atomic E-state index is 11.5. The van der Waals surface area contributed by atoms with Gasteiger partial charge in [0.15, 0.2) is 0 Å². The van der Waals surface area contributed by atoms with E-state index >= 15 is 0 Å². The summed E-state index contributed by atoms with van der Waals surface area (Å²) >= 11 is 0. The number of ketones is 1. The SMILES string of the molecule is CC1CCC2CC2(C)C1=O. The molecule has 0 aromatic heterocycles. The van der Waals surface area contributed by atoms with E-state index in [1.54, 1.807) is 0 Å². The summed E-state index contributed by atoms with van der Waals surface area (Å²) in [5.74, 6) is 1.64. The van der Waals surface area contributed by atoms with Crippen LogP contribution in [-0.4, -0.2) is 5.78 Å². The highest BCUT2D eigenvalue weighted by molar-refractivity contribution is 5.90. The molecular formula is C9H14O. The summed E-state index contributed by atoms with van der Waals surface area (Å²) in [4.78, 5) is 11.5. The second-order valence-electron chi connectivity index (χ2n) is 4.16. The summed E-state index contributed by atoms with van der Waals surface area (Å²) in [6.45, 7) is 4.21. The second-order valence-corrected chi connectivity index (χ2v) is 4.16. The van der Waals surface area contributed by atoms with Gasteiger partial charge in [0.2, 0.25) is 0 Å². The van der Waals surface area contributed by atoms with E-state index < -0.39 is 0 Å². The van der Waals surface area contributed by atoms with Crippen molar-refractivity contribution in [2.75, 3.05) is 0 Å². The minimum Gasteiger partial charge on any atom is -0.299 e. The Labute approximate surface area is 61.8 Å². The van der Waals surface area contributed by atoms with Crippen LogP contribution in [0.25, 0.3) is 0 Å². The number of Topliss-reactive ketones (excluding diaryl/α,β-unsaturated/α-hetero) is 1. The van der Waals surface area contributed by atoms with Crippen LogP contribution in [0.1, 0.15) is 33.1 Å². The lowest BCUT2D eigenvalue weighted by Gasteiger charge is -2.21. The van der Waals surface area contributed by atoms with Crippen LogP contribution in [0.2, 0.25) is 0 Å². The quantitative estimate of drug-likeness (QED) is 0.500. The number of hydrogen-bond acceptors (Lipinski definition) is 1. The molecule has 2 fully saturated rings. The maximum Gasteiger partial charge on any atom is 0.141 e. The van der Waals surface area contributed by atoms with Crippen LogP contribution in [0.15, 0.2) is 0 Å². The molecule has 0 aromatic carbocycles. The summed E-state index contributed by atoms with van der Waals surface area (Å²) in [7, 11) is 0. The van der Waals surface area contributed by atoms with E-state index in [0.717, 1.165) is 12.3 Å². The van der Waals surface area contributed by atoms with Gasteiger partial charge >= 0.3 is 0 Å². The molecule has 3 atom stereocenters. The van der Waals surface area contributed by atoms with E-state index in [9.17, 15) is 4.79 Å². The highest BCUT2D eigenvalue weighted by atomic mass is 16.1. The molecule has 0 saturated heterocycles. The van der Waals surface area contributed by atoms with Crippen molar-refractivity contribution in [3.05, 3.63) is 0 Å². The van der Waals surface area contributed by atoms with Crippen LogP contribution in [0.3, 0.4) is 0 Å². The highest BCUT2D eigenvalue weighted by Crippen LogP contribution is 2.59. The third-order valence-corrected chi connectivity index (χ3v) is 3.37. The van der Waals surface area contributed by atoms with E-state index in [-0.39, 0.29) is 5.41 Å². The minimum absolute atomic E-state index is 0.137. The predicted octanol–water partition coefficient (Wildman–Crippen LogP) is 2.01. The van der Waals surface area contributed by atoms with Gasteiger partial charge in [-0.15, -0.1) is 0 Å². The normalized spacial score (nSPS) is 52.4. The zero-order valence-corrected chi connectivity index (χ0v) is 6.68. The molecule has 0 heterocycles. The van der Waals surface area contributed by atoms with Gasteiger partial charge in [-0.25, -0.2) is 0 Å². The van der Waals surface area contributed by atoms with Crippen molar-refractivity contribution in [3.8, 4) is 0 Å². The molecule has 3 unspecified atom stereocenters. The van der Waals surface area contributed by atoms with Crippen molar-refractivity contribution < 1.29 is 4.79 Å². The lowest BCUT2D eigenvalue weighted by molar-refractivity contribution is -0.129. The molecule has 2 aliphatic rings. The molecule has 0 N–H and O–H groups in total. The van der Waals surface area contributed by atoms with Crippen LogP contribution in [0.5, 0.6) is 0 Å². The van der Waals surface area contributed by atoms with Crippen molar-refractivity contribution in [1.82, 2.24) is 0 Å². The van der Waals surface area contributed by atoms with Crippen LogP contribution >= 0.6 is 0 Å². The second kappa shape index (κ2) is 1.63. The lowest BCUT2D eigenvalue weighted by atomic mass is 9.82. The van der Waals surface area contributed by atoms with Gasteiger partial charge in [-0.2, -0.15) is 0 Å². The summed E-state index contributed by atoms with van der Waals surface area (Å²) in [5, 5.41) is 0. The monoisotopic (exact) mass is 138 g/mol. The Balaban J connectivity index is 2.21. The number of hydrogen-bond donors (Lipinski definition) is 0. The number of fused-ring (bicyclic) bond motifs is 1. The fourth-order valence-electron chi connectivity index (χ4n) is 2.32. The molecule has 2 rings (SSSR count). The summed E-state index contributed by atoms with van der Waals surface area (Å²) < 4.78 is 0. The standard InChI is InChI=1S/C9H14O/c1-6-3-4-7-5-9(7,2)8(6)10/h6-7H,3-5H2,1-2H3. The number of carbonyl (C=O) groups excluding carboxylic acids is 1. The van der Waals surface area contributed by atoms with Crippen molar-refractivity contribution >= 4 is 5.78 Å². The molecule has 56 valence electrons. The van der Waals surface area contributed by atoms with Crippen molar-refractivity contribution in [2.24, 2.45) is 17.3 Å². The van der Waals surface area contributed by atoms with Gasteiger partial charge in [0, 0.05) is 11.3 Å². The fraction of sp³-hybridized carbons (Fsp3) is 0.889. The summed E-state index contributed by atoms with van der Waals surface area (Å²) in [6, 6.07) is 0. The minimum atomic E-state index is 0.137. The zero-order chi connectivity index (χ0) is 7.35. The van der Waals surface area contributed by atoms with Gasteiger partial charge in [0.1, 0.15) is 5.78 Å².